The van der Waals surface area contributed by atoms with Crippen molar-refractivity contribution in [3.8, 4) is 17.2 Å². The molecule has 11 heteroatoms. The number of nitrogens with one attached hydrogen (secondary N) is 1. The summed E-state index contributed by atoms with van der Waals surface area (Å²) in [5.41, 5.74) is 2.17. The third kappa shape index (κ3) is 5.45. The van der Waals surface area contributed by atoms with Crippen LogP contribution in [-0.4, -0.2) is 53.5 Å². The first-order chi connectivity index (χ1) is 18.2. The van der Waals surface area contributed by atoms with Crippen LogP contribution in [0.5, 0.6) is 0 Å². The quantitative estimate of drug-likeness (QED) is 0.447. The maximum Gasteiger partial charge on any atom is 0.247 e. The summed E-state index contributed by atoms with van der Waals surface area (Å²) < 4.78 is 24.4. The maximum absolute atomic E-state index is 13.1. The van der Waals surface area contributed by atoms with E-state index in [1.807, 2.05) is 24.3 Å². The molecule has 1 saturated carbocycles. The van der Waals surface area contributed by atoms with Crippen molar-refractivity contribution in [2.75, 3.05) is 28.8 Å². The van der Waals surface area contributed by atoms with E-state index in [2.05, 4.69) is 21.5 Å². The van der Waals surface area contributed by atoms with Crippen LogP contribution in [0.1, 0.15) is 24.8 Å². The van der Waals surface area contributed by atoms with E-state index < -0.39 is 15.3 Å². The Morgan fingerprint density at radius 1 is 1.24 bits per heavy atom. The van der Waals surface area contributed by atoms with Crippen molar-refractivity contribution in [1.82, 2.24) is 14.8 Å². The molecule has 10 nitrogen and oxygen atoms in total. The minimum absolute atomic E-state index is 0.00913. The highest BCUT2D eigenvalue weighted by atomic mass is 32.2. The van der Waals surface area contributed by atoms with E-state index in [4.69, 9.17) is 0 Å². The molecule has 196 valence electrons. The number of pyridine rings is 1. The molecule has 1 saturated heterocycles. The highest BCUT2D eigenvalue weighted by Crippen LogP contribution is 2.51. The fourth-order valence-corrected chi connectivity index (χ4v) is 5.44. The first-order valence-corrected chi connectivity index (χ1v) is 14.5. The molecule has 1 atom stereocenters. The number of aromatic nitrogens is 3. The monoisotopic (exact) mass is 532 g/mol. The number of benzene rings is 1. The molecule has 38 heavy (non-hydrogen) atoms. The molecule has 1 aliphatic carbocycles. The van der Waals surface area contributed by atoms with E-state index in [-0.39, 0.29) is 36.5 Å². The van der Waals surface area contributed by atoms with Crippen LogP contribution in [0, 0.1) is 22.7 Å². The van der Waals surface area contributed by atoms with Crippen molar-refractivity contribution >= 4 is 33.2 Å². The van der Waals surface area contributed by atoms with Gasteiger partial charge in [0, 0.05) is 42.5 Å². The third-order valence-electron chi connectivity index (χ3n) is 7.10. The van der Waals surface area contributed by atoms with Crippen LogP contribution in [0.15, 0.2) is 55.0 Å². The molecule has 3 aromatic rings. The lowest BCUT2D eigenvalue weighted by Crippen LogP contribution is -2.35. The number of nitriles is 1. The number of sulfone groups is 1. The molecule has 0 bridgehead atoms. The van der Waals surface area contributed by atoms with Crippen molar-refractivity contribution in [3.05, 3.63) is 60.6 Å². The van der Waals surface area contributed by atoms with Crippen LogP contribution >= 0.6 is 0 Å². The van der Waals surface area contributed by atoms with Gasteiger partial charge < -0.3 is 10.2 Å². The van der Waals surface area contributed by atoms with Gasteiger partial charge in [-0.1, -0.05) is 24.3 Å². The van der Waals surface area contributed by atoms with E-state index in [0.29, 0.717) is 24.5 Å². The molecule has 2 aliphatic rings. The minimum Gasteiger partial charge on any atom is -0.311 e. The number of hydrogen-bond acceptors (Lipinski definition) is 7. The highest BCUT2D eigenvalue weighted by Gasteiger charge is 2.56. The smallest absolute Gasteiger partial charge is 0.247 e. The zero-order chi connectivity index (χ0) is 26.9. The number of anilines is 2. The molecular formula is C27H28N6O4S. The Morgan fingerprint density at radius 3 is 2.79 bits per heavy atom. The van der Waals surface area contributed by atoms with Crippen LogP contribution in [0.2, 0.25) is 0 Å². The van der Waals surface area contributed by atoms with Crippen LogP contribution in [0.3, 0.4) is 0 Å². The summed E-state index contributed by atoms with van der Waals surface area (Å²) >= 11 is 0. The molecule has 3 heterocycles. The molecule has 0 radical (unpaired) electrons. The second-order valence-corrected chi connectivity index (χ2v) is 12.3. The number of nitrogens with zero attached hydrogens (tertiary/aromatic N) is 5. The van der Waals surface area contributed by atoms with Crippen LogP contribution in [0.4, 0.5) is 11.5 Å². The van der Waals surface area contributed by atoms with Gasteiger partial charge in [-0.2, -0.15) is 10.4 Å². The first kappa shape index (κ1) is 25.6. The van der Waals surface area contributed by atoms with Crippen LogP contribution in [-0.2, 0) is 32.4 Å². The lowest BCUT2D eigenvalue weighted by atomic mass is 9.83. The Bertz CT molecular complexity index is 1540. The summed E-state index contributed by atoms with van der Waals surface area (Å²) in [4.78, 5) is 31.8. The number of carbonyl (C=O) groups is 2. The largest absolute Gasteiger partial charge is 0.311 e. The van der Waals surface area contributed by atoms with Crippen molar-refractivity contribution in [2.24, 2.45) is 11.3 Å². The van der Waals surface area contributed by atoms with Gasteiger partial charge in [-0.05, 0) is 42.4 Å². The van der Waals surface area contributed by atoms with Crippen molar-refractivity contribution in [2.45, 2.75) is 32.2 Å². The van der Waals surface area contributed by atoms with E-state index in [1.165, 1.54) is 6.26 Å². The first-order valence-electron chi connectivity index (χ1n) is 12.5. The summed E-state index contributed by atoms with van der Waals surface area (Å²) in [5, 5.41) is 16.8. The molecule has 5 rings (SSSR count). The van der Waals surface area contributed by atoms with Crippen molar-refractivity contribution < 1.29 is 18.0 Å². The zero-order valence-corrected chi connectivity index (χ0v) is 21.8. The van der Waals surface area contributed by atoms with Crippen LogP contribution < -0.4 is 10.2 Å². The lowest BCUT2D eigenvalue weighted by Gasteiger charge is -2.21. The molecule has 1 N–H and O–H groups in total. The fourth-order valence-electron chi connectivity index (χ4n) is 4.92. The summed E-state index contributed by atoms with van der Waals surface area (Å²) in [6, 6.07) is 13.2. The standard InChI is InChI=1S/C27H28N6O4S/c1-38(36,37)12-11-32-17-21(16-30-32)20-4-2-3-19(13-20)14-25(34)31-24-15-23(7-9-29-24)33-10-8-27(18-28,26(33)35)22-5-6-22/h2-4,7,9,13,15-17,22H,5-6,8,10-12,14H2,1H3,(H,29,31,34)/t27-/m1/s1. The minimum atomic E-state index is -3.08. The number of rotatable bonds is 9. The van der Waals surface area contributed by atoms with Crippen LogP contribution in [0.25, 0.3) is 11.1 Å². The van der Waals surface area contributed by atoms with Gasteiger partial charge in [-0.15, -0.1) is 0 Å². The Morgan fingerprint density at radius 2 is 2.05 bits per heavy atom. The van der Waals surface area contributed by atoms with Gasteiger partial charge in [-0.3, -0.25) is 14.3 Å². The van der Waals surface area contributed by atoms with Gasteiger partial charge in [-0.25, -0.2) is 13.4 Å². The SMILES string of the molecule is CS(=O)(=O)CCn1cc(-c2cccc(CC(=O)Nc3cc(N4CC[C@@](C#N)(C5CC5)C4=O)ccn3)c2)cn1. The number of amides is 2. The van der Waals surface area contributed by atoms with Crippen molar-refractivity contribution in [3.63, 3.8) is 0 Å². The molecule has 0 unspecified atom stereocenters. The van der Waals surface area contributed by atoms with E-state index in [1.54, 1.807) is 40.3 Å². The average molecular weight is 533 g/mol. The molecule has 0 spiro atoms. The summed E-state index contributed by atoms with van der Waals surface area (Å²) in [6.07, 6.45) is 8.65. The molecule has 2 fully saturated rings. The van der Waals surface area contributed by atoms with Gasteiger partial charge in [0.2, 0.25) is 11.8 Å². The van der Waals surface area contributed by atoms with Gasteiger partial charge >= 0.3 is 0 Å². The number of aryl methyl sites for hydroxylation is 1. The topological polar surface area (TPSA) is 138 Å². The van der Waals surface area contributed by atoms with Gasteiger partial charge in [0.05, 0.1) is 31.0 Å². The molecule has 2 amide bonds. The summed E-state index contributed by atoms with van der Waals surface area (Å²) in [5.74, 6) is 0.0677. The van der Waals surface area contributed by atoms with E-state index in [9.17, 15) is 23.3 Å². The van der Waals surface area contributed by atoms with E-state index >= 15 is 0 Å². The van der Waals surface area contributed by atoms with Gasteiger partial charge in [0.25, 0.3) is 0 Å². The fraction of sp³-hybridized carbons (Fsp3) is 0.370. The Hall–Kier alpha value is -4.04. The number of hydrogen-bond donors (Lipinski definition) is 1. The molecule has 1 aliphatic heterocycles. The Labute approximate surface area is 221 Å². The second kappa shape index (κ2) is 10.0. The Kier molecular flexibility index (Phi) is 6.75. The lowest BCUT2D eigenvalue weighted by molar-refractivity contribution is -0.123. The average Bonchev–Trinajstić information content (AvgIpc) is 3.52. The number of carbonyl (C=O) groups excluding carboxylic acids is 2. The predicted octanol–water partition coefficient (Wildman–Crippen LogP) is 2.83. The van der Waals surface area contributed by atoms with Gasteiger partial charge in [0.15, 0.2) is 0 Å². The molecule has 2 aromatic heterocycles. The molecular weight excluding hydrogens is 504 g/mol. The second-order valence-electron chi connectivity index (χ2n) is 10.0. The van der Waals surface area contributed by atoms with E-state index in [0.717, 1.165) is 29.5 Å². The zero-order valence-electron chi connectivity index (χ0n) is 21.0. The highest BCUT2D eigenvalue weighted by molar-refractivity contribution is 7.90. The normalized spacial score (nSPS) is 19.4. The van der Waals surface area contributed by atoms with Crippen molar-refractivity contribution in [1.29, 1.82) is 5.26 Å². The molecule has 1 aromatic carbocycles. The maximum atomic E-state index is 13.1. The summed E-state index contributed by atoms with van der Waals surface area (Å²) in [6.45, 7) is 0.742. The van der Waals surface area contributed by atoms with Gasteiger partial charge in [0.1, 0.15) is 21.1 Å². The third-order valence-corrected chi connectivity index (χ3v) is 8.03. The Balaban J connectivity index is 1.23. The summed E-state index contributed by atoms with van der Waals surface area (Å²) in [7, 11) is -3.08. The predicted molar refractivity (Wildman–Crippen MR) is 142 cm³/mol.